The number of nitrogens with one attached hydrogen (secondary N) is 2. The summed E-state index contributed by atoms with van der Waals surface area (Å²) in [4.78, 5) is 50.8. The van der Waals surface area contributed by atoms with Crippen LogP contribution in [0.1, 0.15) is 83.9 Å². The maximum atomic E-state index is 14.8. The second-order valence-electron chi connectivity index (χ2n) is 13.8. The number of nitrogens with zero attached hydrogens (tertiary/aromatic N) is 4. The van der Waals surface area contributed by atoms with E-state index in [1.807, 2.05) is 31.2 Å². The van der Waals surface area contributed by atoms with Crippen molar-refractivity contribution in [3.8, 4) is 11.5 Å². The highest BCUT2D eigenvalue weighted by Crippen LogP contribution is 2.39. The van der Waals surface area contributed by atoms with Crippen LogP contribution < -0.4 is 20.1 Å². The zero-order chi connectivity index (χ0) is 36.5. The highest BCUT2D eigenvalue weighted by atomic mass is 79.9. The van der Waals surface area contributed by atoms with Crippen LogP contribution in [0, 0.1) is 12.7 Å². The Morgan fingerprint density at radius 2 is 1.87 bits per heavy atom. The largest absolute Gasteiger partial charge is 0.493 e. The summed E-state index contributed by atoms with van der Waals surface area (Å²) in [6, 6.07) is 14.1. The topological polar surface area (TPSA) is 126 Å². The Kier molecular flexibility index (Phi) is 10.4. The van der Waals surface area contributed by atoms with Crippen LogP contribution in [-0.4, -0.2) is 76.9 Å². The van der Waals surface area contributed by atoms with Crippen molar-refractivity contribution in [3.05, 3.63) is 86.9 Å². The molecule has 0 radical (unpaired) electrons. The number of anilines is 1. The lowest BCUT2D eigenvalue weighted by Gasteiger charge is -2.33. The predicted octanol–water partition coefficient (Wildman–Crippen LogP) is 6.43. The molecule has 13 heteroatoms. The zero-order valence-electron chi connectivity index (χ0n) is 29.5. The first-order valence-electron chi connectivity index (χ1n) is 17.8. The van der Waals surface area contributed by atoms with E-state index in [4.69, 9.17) is 14.5 Å². The van der Waals surface area contributed by atoms with Crippen LogP contribution in [0.25, 0.3) is 10.9 Å². The highest BCUT2D eigenvalue weighted by Gasteiger charge is 2.41. The molecule has 2 fully saturated rings. The molecular formula is C39H42BrFN6O5. The van der Waals surface area contributed by atoms with Crippen molar-refractivity contribution in [2.75, 3.05) is 38.7 Å². The van der Waals surface area contributed by atoms with Gasteiger partial charge in [-0.3, -0.25) is 19.7 Å². The number of benzene rings is 3. The maximum absolute atomic E-state index is 14.8. The number of aryl methyl sites for hydroxylation is 1. The molecule has 11 nitrogen and oxygen atoms in total. The Morgan fingerprint density at radius 1 is 1.06 bits per heavy atom. The van der Waals surface area contributed by atoms with Gasteiger partial charge in [-0.15, -0.1) is 0 Å². The second kappa shape index (κ2) is 15.2. The first kappa shape index (κ1) is 35.8. The van der Waals surface area contributed by atoms with Gasteiger partial charge in [-0.05, 0) is 106 Å². The SMILES string of the molecule is COc1cc2c(N[C@H](C)c3cccc(Br)c3)nc(C)nc2cc1OCCCN1CCC(c2cc(F)cc3c2CN(C2CCC(=O)NC2=O)C3=O)CC1. The van der Waals surface area contributed by atoms with Crippen molar-refractivity contribution < 1.29 is 28.2 Å². The van der Waals surface area contributed by atoms with E-state index in [9.17, 15) is 18.8 Å². The number of amides is 3. The first-order chi connectivity index (χ1) is 25.1. The van der Waals surface area contributed by atoms with E-state index in [0.717, 1.165) is 76.8 Å². The van der Waals surface area contributed by atoms with Gasteiger partial charge in [-0.25, -0.2) is 14.4 Å². The van der Waals surface area contributed by atoms with E-state index in [-0.39, 0.29) is 43.2 Å². The second-order valence-corrected chi connectivity index (χ2v) is 14.7. The molecule has 3 amide bonds. The van der Waals surface area contributed by atoms with Gasteiger partial charge in [0.2, 0.25) is 11.8 Å². The van der Waals surface area contributed by atoms with Gasteiger partial charge >= 0.3 is 0 Å². The molecular weight excluding hydrogens is 731 g/mol. The summed E-state index contributed by atoms with van der Waals surface area (Å²) in [5, 5.41) is 6.72. The molecule has 0 bridgehead atoms. The number of methoxy groups -OCH3 is 1. The van der Waals surface area contributed by atoms with Crippen molar-refractivity contribution in [2.24, 2.45) is 0 Å². The van der Waals surface area contributed by atoms with Crippen LogP contribution in [0.4, 0.5) is 10.2 Å². The number of rotatable bonds is 11. The first-order valence-corrected chi connectivity index (χ1v) is 18.6. The Labute approximate surface area is 310 Å². The van der Waals surface area contributed by atoms with Crippen LogP contribution in [0.3, 0.4) is 0 Å². The number of aromatic nitrogens is 2. The number of fused-ring (bicyclic) bond motifs is 2. The smallest absolute Gasteiger partial charge is 0.255 e. The van der Waals surface area contributed by atoms with E-state index < -0.39 is 17.8 Å². The monoisotopic (exact) mass is 772 g/mol. The molecule has 2 N–H and O–H groups in total. The third kappa shape index (κ3) is 7.47. The molecule has 0 saturated carbocycles. The molecule has 2 saturated heterocycles. The summed E-state index contributed by atoms with van der Waals surface area (Å²) < 4.78 is 27.8. The van der Waals surface area contributed by atoms with E-state index in [1.165, 1.54) is 11.0 Å². The van der Waals surface area contributed by atoms with Gasteiger partial charge in [0.15, 0.2) is 11.5 Å². The number of likely N-dealkylation sites (tertiary alicyclic amines) is 1. The maximum Gasteiger partial charge on any atom is 0.255 e. The molecule has 3 aliphatic rings. The van der Waals surface area contributed by atoms with Gasteiger partial charge in [-0.2, -0.15) is 0 Å². The van der Waals surface area contributed by atoms with Crippen LogP contribution in [0.2, 0.25) is 0 Å². The Hall–Kier alpha value is -4.62. The minimum Gasteiger partial charge on any atom is -0.493 e. The Balaban J connectivity index is 0.950. The summed E-state index contributed by atoms with van der Waals surface area (Å²) in [5.41, 5.74) is 3.87. The van der Waals surface area contributed by atoms with Crippen molar-refractivity contribution in [1.82, 2.24) is 25.1 Å². The Bertz CT molecular complexity index is 2040. The number of carbonyl (C=O) groups excluding carboxylic acids is 3. The van der Waals surface area contributed by atoms with Gasteiger partial charge < -0.3 is 24.6 Å². The van der Waals surface area contributed by atoms with Gasteiger partial charge in [0.1, 0.15) is 23.5 Å². The highest BCUT2D eigenvalue weighted by molar-refractivity contribution is 9.10. The fraction of sp³-hybridized carbons (Fsp3) is 0.410. The van der Waals surface area contributed by atoms with Gasteiger partial charge in [-0.1, -0.05) is 28.1 Å². The molecule has 272 valence electrons. The van der Waals surface area contributed by atoms with Crippen LogP contribution in [0.15, 0.2) is 53.0 Å². The molecule has 1 aromatic heterocycles. The van der Waals surface area contributed by atoms with E-state index >= 15 is 0 Å². The molecule has 0 aliphatic carbocycles. The number of carbonyl (C=O) groups is 3. The predicted molar refractivity (Wildman–Crippen MR) is 198 cm³/mol. The standard InChI is InChI=1S/C39H42BrFN6O5/c1-22(25-6-4-7-26(40)16-25)42-37-30-19-34(51-3)35(20-32(30)43-23(2)44-37)52-15-5-12-46-13-10-24(11-14-46)28-17-27(41)18-29-31(28)21-47(39(29)50)33-8-9-36(48)45-38(33)49/h4,6-7,16-20,22,24,33H,5,8-15,21H2,1-3H3,(H,42,43,44)(H,45,48,49)/t22-,33?/m1/s1. The summed E-state index contributed by atoms with van der Waals surface area (Å²) in [7, 11) is 1.63. The number of halogens is 2. The normalized spacial score (nSPS) is 18.8. The zero-order valence-corrected chi connectivity index (χ0v) is 31.1. The number of imide groups is 1. The number of ether oxygens (including phenoxy) is 2. The van der Waals surface area contributed by atoms with E-state index in [2.05, 4.69) is 55.5 Å². The van der Waals surface area contributed by atoms with Gasteiger partial charge in [0.25, 0.3) is 5.91 Å². The van der Waals surface area contributed by atoms with Crippen LogP contribution in [0.5, 0.6) is 11.5 Å². The fourth-order valence-electron chi connectivity index (χ4n) is 7.65. The van der Waals surface area contributed by atoms with Crippen molar-refractivity contribution >= 4 is 50.4 Å². The molecule has 0 spiro atoms. The number of hydrogen-bond donors (Lipinski definition) is 2. The van der Waals surface area contributed by atoms with Crippen LogP contribution in [-0.2, 0) is 16.1 Å². The molecule has 3 aromatic carbocycles. The van der Waals surface area contributed by atoms with Gasteiger partial charge in [0.05, 0.1) is 25.3 Å². The lowest BCUT2D eigenvalue weighted by atomic mass is 9.85. The van der Waals surface area contributed by atoms with E-state index in [0.29, 0.717) is 29.5 Å². The van der Waals surface area contributed by atoms with E-state index in [1.54, 1.807) is 13.2 Å². The van der Waals surface area contributed by atoms with Crippen molar-refractivity contribution in [1.29, 1.82) is 0 Å². The summed E-state index contributed by atoms with van der Waals surface area (Å²) in [5.74, 6) is 1.12. The van der Waals surface area contributed by atoms with Crippen molar-refractivity contribution in [3.63, 3.8) is 0 Å². The number of piperidine rings is 2. The molecule has 4 heterocycles. The molecule has 4 aromatic rings. The lowest BCUT2D eigenvalue weighted by molar-refractivity contribution is -0.136. The van der Waals surface area contributed by atoms with Crippen LogP contribution >= 0.6 is 15.9 Å². The minimum atomic E-state index is -0.726. The molecule has 2 atom stereocenters. The minimum absolute atomic E-state index is 0.0104. The summed E-state index contributed by atoms with van der Waals surface area (Å²) in [6.07, 6.45) is 2.92. The quantitative estimate of drug-likeness (QED) is 0.131. The fourth-order valence-corrected chi connectivity index (χ4v) is 8.07. The number of hydrogen-bond acceptors (Lipinski definition) is 9. The third-order valence-electron chi connectivity index (χ3n) is 10.4. The average Bonchev–Trinajstić information content (AvgIpc) is 3.44. The summed E-state index contributed by atoms with van der Waals surface area (Å²) >= 11 is 3.56. The molecule has 7 rings (SSSR count). The van der Waals surface area contributed by atoms with Crippen molar-refractivity contribution in [2.45, 2.75) is 70.5 Å². The molecule has 52 heavy (non-hydrogen) atoms. The average molecular weight is 774 g/mol. The Morgan fingerprint density at radius 3 is 2.62 bits per heavy atom. The lowest BCUT2D eigenvalue weighted by Crippen LogP contribution is -2.52. The molecule has 3 aliphatic heterocycles. The molecule has 1 unspecified atom stereocenters. The third-order valence-corrected chi connectivity index (χ3v) is 10.8. The summed E-state index contributed by atoms with van der Waals surface area (Å²) in [6.45, 7) is 7.23. The van der Waals surface area contributed by atoms with Gasteiger partial charge in [0, 0.05) is 41.0 Å².